The minimum Gasteiger partial charge on any atom is -0.493 e. The maximum absolute atomic E-state index is 13.3. The van der Waals surface area contributed by atoms with Crippen LogP contribution in [0.3, 0.4) is 0 Å². The van der Waals surface area contributed by atoms with Gasteiger partial charge in [-0.15, -0.1) is 0 Å². The zero-order chi connectivity index (χ0) is 29.1. The van der Waals surface area contributed by atoms with Gasteiger partial charge in [-0.1, -0.05) is 42.0 Å². The van der Waals surface area contributed by atoms with Crippen LogP contribution >= 0.6 is 0 Å². The zero-order valence-corrected chi connectivity index (χ0v) is 22.5. The van der Waals surface area contributed by atoms with E-state index >= 15 is 0 Å². The maximum atomic E-state index is 13.3. The molecule has 0 bridgehead atoms. The van der Waals surface area contributed by atoms with Gasteiger partial charge in [0, 0.05) is 12.0 Å². The van der Waals surface area contributed by atoms with Crippen LogP contribution in [-0.4, -0.2) is 55.8 Å². The highest BCUT2D eigenvalue weighted by molar-refractivity contribution is 5.98. The summed E-state index contributed by atoms with van der Waals surface area (Å²) in [5, 5.41) is 24.2. The van der Waals surface area contributed by atoms with Gasteiger partial charge in [0.25, 0.3) is 5.91 Å². The number of nitriles is 1. The molecule has 0 aliphatic heterocycles. The van der Waals surface area contributed by atoms with Gasteiger partial charge in [0.1, 0.15) is 12.1 Å². The largest absolute Gasteiger partial charge is 0.493 e. The van der Waals surface area contributed by atoms with E-state index in [4.69, 9.17) is 19.3 Å². The first-order valence-corrected chi connectivity index (χ1v) is 12.4. The molecule has 0 fully saturated rings. The molecule has 0 saturated heterocycles. The Morgan fingerprint density at radius 1 is 0.900 bits per heavy atom. The van der Waals surface area contributed by atoms with Crippen LogP contribution in [0.15, 0.2) is 66.7 Å². The Balaban J connectivity index is 1.71. The van der Waals surface area contributed by atoms with E-state index in [1.807, 2.05) is 37.3 Å². The molecule has 3 aromatic rings. The van der Waals surface area contributed by atoms with E-state index in [0.717, 1.165) is 11.1 Å². The Morgan fingerprint density at radius 2 is 1.62 bits per heavy atom. The summed E-state index contributed by atoms with van der Waals surface area (Å²) < 4.78 is 16.1. The molecule has 0 aliphatic rings. The van der Waals surface area contributed by atoms with Gasteiger partial charge in [-0.25, -0.2) is 4.79 Å². The van der Waals surface area contributed by atoms with Crippen LogP contribution in [-0.2, 0) is 22.6 Å². The highest BCUT2D eigenvalue weighted by atomic mass is 16.5. The number of nitrogens with zero attached hydrogens (tertiary/aromatic N) is 1. The van der Waals surface area contributed by atoms with Gasteiger partial charge in [-0.2, -0.15) is 5.26 Å². The minimum atomic E-state index is -1.06. The number of amides is 2. The van der Waals surface area contributed by atoms with Crippen molar-refractivity contribution in [1.29, 1.82) is 5.26 Å². The van der Waals surface area contributed by atoms with Crippen molar-refractivity contribution in [3.05, 3.63) is 94.5 Å². The molecule has 0 radical (unpaired) electrons. The standard InChI is InChI=1S/C30H31N3O7/c1-19-6-4-7-20(12-19)14-25(33-28(34)22-10-11-26(38-2)27(15-22)39-3)29(35)32-24(16-31)18-40-17-21-8-5-9-23(13-21)30(36)37/h4-13,15,24-25H,14,17-18H2,1-3H3,(H,32,35)(H,33,34)(H,36,37)/t24-,25+/m1/s1. The van der Waals surface area contributed by atoms with Gasteiger partial charge in [0.15, 0.2) is 11.5 Å². The predicted molar refractivity (Wildman–Crippen MR) is 146 cm³/mol. The fourth-order valence-electron chi connectivity index (χ4n) is 3.98. The molecule has 0 spiro atoms. The normalized spacial score (nSPS) is 11.9. The van der Waals surface area contributed by atoms with Gasteiger partial charge in [-0.05, 0) is 48.4 Å². The van der Waals surface area contributed by atoms with Crippen LogP contribution in [0.1, 0.15) is 37.4 Å². The quantitative estimate of drug-likeness (QED) is 0.297. The second-order valence-electron chi connectivity index (χ2n) is 9.00. The Morgan fingerprint density at radius 3 is 2.30 bits per heavy atom. The van der Waals surface area contributed by atoms with Gasteiger partial charge < -0.3 is 30.0 Å². The molecule has 10 nitrogen and oxygen atoms in total. The average Bonchev–Trinajstić information content (AvgIpc) is 2.95. The summed E-state index contributed by atoms with van der Waals surface area (Å²) in [6.45, 7) is 1.84. The SMILES string of the molecule is COc1ccc(C(=O)N[C@@H](Cc2cccc(C)c2)C(=O)N[C@H](C#N)COCc2cccc(C(=O)O)c2)cc1OC. The van der Waals surface area contributed by atoms with Crippen molar-refractivity contribution in [2.75, 3.05) is 20.8 Å². The molecule has 3 N–H and O–H groups in total. The topological polar surface area (TPSA) is 147 Å². The minimum absolute atomic E-state index is 0.0535. The number of carbonyl (C=O) groups excluding carboxylic acids is 2. The van der Waals surface area contributed by atoms with E-state index < -0.39 is 29.9 Å². The number of carboxylic acids is 1. The molecule has 0 unspecified atom stereocenters. The molecule has 40 heavy (non-hydrogen) atoms. The van der Waals surface area contributed by atoms with E-state index in [0.29, 0.717) is 17.1 Å². The highest BCUT2D eigenvalue weighted by Gasteiger charge is 2.25. The third-order valence-corrected chi connectivity index (χ3v) is 5.99. The highest BCUT2D eigenvalue weighted by Crippen LogP contribution is 2.27. The summed E-state index contributed by atoms with van der Waals surface area (Å²) in [6.07, 6.45) is 0.188. The lowest BCUT2D eigenvalue weighted by Crippen LogP contribution is -2.51. The molecular weight excluding hydrogens is 514 g/mol. The van der Waals surface area contributed by atoms with Crippen molar-refractivity contribution in [2.45, 2.75) is 32.0 Å². The number of hydrogen-bond donors (Lipinski definition) is 3. The van der Waals surface area contributed by atoms with Crippen LogP contribution < -0.4 is 20.1 Å². The number of methoxy groups -OCH3 is 2. The molecule has 0 aliphatic carbocycles. The van der Waals surface area contributed by atoms with Crippen molar-refractivity contribution in [3.8, 4) is 17.6 Å². The summed E-state index contributed by atoms with van der Waals surface area (Å²) in [5.74, 6) is -1.29. The molecule has 2 amide bonds. The van der Waals surface area contributed by atoms with Crippen LogP contribution in [0.2, 0.25) is 0 Å². The van der Waals surface area contributed by atoms with E-state index in [1.54, 1.807) is 24.3 Å². The monoisotopic (exact) mass is 545 g/mol. The van der Waals surface area contributed by atoms with Crippen molar-refractivity contribution in [3.63, 3.8) is 0 Å². The summed E-state index contributed by atoms with van der Waals surface area (Å²) >= 11 is 0. The van der Waals surface area contributed by atoms with Gasteiger partial charge in [0.05, 0.1) is 39.1 Å². The lowest BCUT2D eigenvalue weighted by Gasteiger charge is -2.21. The molecule has 208 valence electrons. The number of hydrogen-bond acceptors (Lipinski definition) is 7. The molecule has 0 saturated carbocycles. The third-order valence-electron chi connectivity index (χ3n) is 5.99. The third kappa shape index (κ3) is 8.31. The van der Waals surface area contributed by atoms with Crippen molar-refractivity contribution >= 4 is 17.8 Å². The number of carboxylic acid groups (broad SMARTS) is 1. The molecule has 0 aromatic heterocycles. The Labute approximate surface area is 232 Å². The molecule has 2 atom stereocenters. The Hall–Kier alpha value is -4.88. The first-order chi connectivity index (χ1) is 19.2. The fraction of sp³-hybridized carbons (Fsp3) is 0.267. The second kappa shape index (κ2) is 14.3. The number of carbonyl (C=O) groups is 3. The van der Waals surface area contributed by atoms with Crippen molar-refractivity contribution in [1.82, 2.24) is 10.6 Å². The molecule has 3 aromatic carbocycles. The number of rotatable bonds is 13. The van der Waals surface area contributed by atoms with Crippen molar-refractivity contribution in [2.24, 2.45) is 0 Å². The number of ether oxygens (including phenoxy) is 3. The number of nitrogens with one attached hydrogen (secondary N) is 2. The first kappa shape index (κ1) is 29.7. The predicted octanol–water partition coefficient (Wildman–Crippen LogP) is 3.28. The lowest BCUT2D eigenvalue weighted by molar-refractivity contribution is -0.123. The Bertz CT molecular complexity index is 1400. The smallest absolute Gasteiger partial charge is 0.335 e. The van der Waals surface area contributed by atoms with E-state index in [9.17, 15) is 19.6 Å². The zero-order valence-electron chi connectivity index (χ0n) is 22.5. The van der Waals surface area contributed by atoms with Crippen molar-refractivity contribution < 1.29 is 33.7 Å². The lowest BCUT2D eigenvalue weighted by atomic mass is 10.0. The van der Waals surface area contributed by atoms with Gasteiger partial charge in [0.2, 0.25) is 5.91 Å². The molecule has 10 heteroatoms. The summed E-state index contributed by atoms with van der Waals surface area (Å²) in [4.78, 5) is 37.6. The first-order valence-electron chi connectivity index (χ1n) is 12.4. The van der Waals surface area contributed by atoms with E-state index in [-0.39, 0.29) is 30.8 Å². The number of aromatic carboxylic acids is 1. The number of aryl methyl sites for hydroxylation is 1. The molecular formula is C30H31N3O7. The van der Waals surface area contributed by atoms with E-state index in [1.165, 1.54) is 32.4 Å². The average molecular weight is 546 g/mol. The van der Waals surface area contributed by atoms with E-state index in [2.05, 4.69) is 10.6 Å². The van der Waals surface area contributed by atoms with Gasteiger partial charge >= 0.3 is 5.97 Å². The molecule has 0 heterocycles. The summed E-state index contributed by atoms with van der Waals surface area (Å²) in [7, 11) is 2.95. The summed E-state index contributed by atoms with van der Waals surface area (Å²) in [5.41, 5.74) is 2.83. The number of benzene rings is 3. The maximum Gasteiger partial charge on any atom is 0.335 e. The van der Waals surface area contributed by atoms with Gasteiger partial charge in [-0.3, -0.25) is 9.59 Å². The van der Waals surface area contributed by atoms with Crippen LogP contribution in [0.5, 0.6) is 11.5 Å². The Kier molecular flexibility index (Phi) is 10.6. The molecule has 3 rings (SSSR count). The fourth-order valence-corrected chi connectivity index (χ4v) is 3.98. The van der Waals surface area contributed by atoms with Crippen LogP contribution in [0, 0.1) is 18.3 Å². The second-order valence-corrected chi connectivity index (χ2v) is 9.00. The van der Waals surface area contributed by atoms with Crippen LogP contribution in [0.25, 0.3) is 0 Å². The van der Waals surface area contributed by atoms with Crippen LogP contribution in [0.4, 0.5) is 0 Å². The summed E-state index contributed by atoms with van der Waals surface area (Å²) in [6, 6.07) is 18.5.